The lowest BCUT2D eigenvalue weighted by atomic mass is 9.76. The third kappa shape index (κ3) is 0.773. The standard InChI is InChI=1S/C13H12O2/c1-12-7-13(12,2)11(15)9-6-4-3-5-8(9)10(12)14/h3-6H,7H2,1-2H3/t12-,13-/m0/s1. The second-order valence-corrected chi connectivity index (χ2v) is 5.04. The molecule has 1 fully saturated rings. The lowest BCUT2D eigenvalue weighted by Gasteiger charge is -2.24. The first kappa shape index (κ1) is 8.84. The molecule has 0 unspecified atom stereocenters. The van der Waals surface area contributed by atoms with Gasteiger partial charge in [0.15, 0.2) is 11.6 Å². The predicted octanol–water partition coefficient (Wildman–Crippen LogP) is 2.48. The second-order valence-electron chi connectivity index (χ2n) is 5.04. The zero-order valence-electron chi connectivity index (χ0n) is 8.83. The van der Waals surface area contributed by atoms with E-state index in [9.17, 15) is 9.59 Å². The molecular formula is C13H12O2. The zero-order chi connectivity index (χ0) is 10.8. The van der Waals surface area contributed by atoms with Crippen LogP contribution in [0, 0.1) is 10.8 Å². The highest BCUT2D eigenvalue weighted by molar-refractivity contribution is 6.22. The fourth-order valence-electron chi connectivity index (χ4n) is 2.80. The van der Waals surface area contributed by atoms with Gasteiger partial charge in [0, 0.05) is 22.0 Å². The van der Waals surface area contributed by atoms with E-state index in [1.54, 1.807) is 12.1 Å². The Hall–Kier alpha value is -1.44. The molecule has 1 saturated carbocycles. The number of fused-ring (bicyclic) bond motifs is 2. The monoisotopic (exact) mass is 200 g/mol. The highest BCUT2D eigenvalue weighted by atomic mass is 16.1. The third-order valence-electron chi connectivity index (χ3n) is 4.22. The molecule has 2 nitrogen and oxygen atoms in total. The molecule has 15 heavy (non-hydrogen) atoms. The van der Waals surface area contributed by atoms with Crippen molar-refractivity contribution in [2.24, 2.45) is 10.8 Å². The summed E-state index contributed by atoms with van der Waals surface area (Å²) < 4.78 is 0. The van der Waals surface area contributed by atoms with Crippen LogP contribution < -0.4 is 0 Å². The van der Waals surface area contributed by atoms with E-state index in [0.717, 1.165) is 0 Å². The summed E-state index contributed by atoms with van der Waals surface area (Å²) in [5.41, 5.74) is 0.358. The molecule has 3 rings (SSSR count). The SMILES string of the molecule is C[C@@]12C[C@@]1(C)C(=O)c1ccccc1C2=O. The van der Waals surface area contributed by atoms with Crippen molar-refractivity contribution in [1.82, 2.24) is 0 Å². The Morgan fingerprint density at radius 1 is 0.933 bits per heavy atom. The second kappa shape index (κ2) is 2.21. The molecule has 0 aliphatic heterocycles. The molecular weight excluding hydrogens is 188 g/mol. The molecule has 0 bridgehead atoms. The number of carbonyl (C=O) groups excluding carboxylic acids is 2. The molecule has 0 heterocycles. The van der Waals surface area contributed by atoms with Gasteiger partial charge in [-0.15, -0.1) is 0 Å². The van der Waals surface area contributed by atoms with Gasteiger partial charge in [-0.25, -0.2) is 0 Å². The van der Waals surface area contributed by atoms with Gasteiger partial charge < -0.3 is 0 Å². The van der Waals surface area contributed by atoms with Crippen molar-refractivity contribution in [3.63, 3.8) is 0 Å². The van der Waals surface area contributed by atoms with Gasteiger partial charge in [-0.05, 0) is 6.42 Å². The third-order valence-corrected chi connectivity index (χ3v) is 4.22. The molecule has 1 aromatic rings. The van der Waals surface area contributed by atoms with Gasteiger partial charge in [-0.3, -0.25) is 9.59 Å². The quantitative estimate of drug-likeness (QED) is 0.644. The molecule has 2 heteroatoms. The molecule has 0 spiro atoms. The molecule has 76 valence electrons. The van der Waals surface area contributed by atoms with Crippen molar-refractivity contribution in [2.45, 2.75) is 20.3 Å². The normalized spacial score (nSPS) is 37.2. The van der Waals surface area contributed by atoms with Crippen LogP contribution in [0.1, 0.15) is 41.0 Å². The first-order valence-corrected chi connectivity index (χ1v) is 5.19. The van der Waals surface area contributed by atoms with Gasteiger partial charge in [-0.1, -0.05) is 38.1 Å². The average molecular weight is 200 g/mol. The van der Waals surface area contributed by atoms with Gasteiger partial charge in [0.1, 0.15) is 0 Å². The van der Waals surface area contributed by atoms with Crippen molar-refractivity contribution >= 4 is 11.6 Å². The van der Waals surface area contributed by atoms with Gasteiger partial charge in [0.2, 0.25) is 0 Å². The zero-order valence-corrected chi connectivity index (χ0v) is 8.83. The molecule has 0 aromatic heterocycles. The molecule has 2 aliphatic carbocycles. The first-order chi connectivity index (χ1) is 7.01. The Labute approximate surface area is 88.3 Å². The highest BCUT2D eigenvalue weighted by Crippen LogP contribution is 2.68. The number of benzene rings is 1. The number of ketones is 2. The molecule has 2 atom stereocenters. The van der Waals surface area contributed by atoms with Gasteiger partial charge in [0.25, 0.3) is 0 Å². The predicted molar refractivity (Wildman–Crippen MR) is 55.9 cm³/mol. The summed E-state index contributed by atoms with van der Waals surface area (Å²) in [4.78, 5) is 24.4. The molecule has 0 N–H and O–H groups in total. The molecule has 0 saturated heterocycles. The summed E-state index contributed by atoms with van der Waals surface area (Å²) in [6, 6.07) is 7.16. The van der Waals surface area contributed by atoms with Crippen LogP contribution in [-0.4, -0.2) is 11.6 Å². The van der Waals surface area contributed by atoms with Crippen LogP contribution >= 0.6 is 0 Å². The van der Waals surface area contributed by atoms with E-state index < -0.39 is 10.8 Å². The van der Waals surface area contributed by atoms with E-state index in [-0.39, 0.29) is 11.6 Å². The Bertz CT molecular complexity index is 458. The number of rotatable bonds is 0. The van der Waals surface area contributed by atoms with E-state index in [0.29, 0.717) is 17.5 Å². The van der Waals surface area contributed by atoms with Crippen molar-refractivity contribution in [1.29, 1.82) is 0 Å². The van der Waals surface area contributed by atoms with Crippen LogP contribution in [-0.2, 0) is 0 Å². The van der Waals surface area contributed by atoms with Gasteiger partial charge in [0.05, 0.1) is 0 Å². The number of hydrogen-bond acceptors (Lipinski definition) is 2. The molecule has 0 amide bonds. The van der Waals surface area contributed by atoms with E-state index in [1.165, 1.54) is 0 Å². The van der Waals surface area contributed by atoms with Crippen LogP contribution in [0.5, 0.6) is 0 Å². The van der Waals surface area contributed by atoms with Gasteiger partial charge >= 0.3 is 0 Å². The summed E-state index contributed by atoms with van der Waals surface area (Å²) in [6.07, 6.45) is 0.701. The van der Waals surface area contributed by atoms with Crippen molar-refractivity contribution < 1.29 is 9.59 Å². The minimum Gasteiger partial charge on any atom is -0.294 e. The fourth-order valence-corrected chi connectivity index (χ4v) is 2.80. The maximum atomic E-state index is 12.2. The van der Waals surface area contributed by atoms with Crippen LogP contribution in [0.25, 0.3) is 0 Å². The Balaban J connectivity index is 2.30. The Kier molecular flexibility index (Phi) is 1.30. The van der Waals surface area contributed by atoms with Crippen LogP contribution in [0.2, 0.25) is 0 Å². The Morgan fingerprint density at radius 2 is 1.33 bits per heavy atom. The van der Waals surface area contributed by atoms with E-state index in [1.807, 2.05) is 26.0 Å². The molecule has 2 aliphatic rings. The fraction of sp³-hybridized carbons (Fsp3) is 0.385. The smallest absolute Gasteiger partial charge is 0.170 e. The summed E-state index contributed by atoms with van der Waals surface area (Å²) in [5, 5.41) is 0. The lowest BCUT2D eigenvalue weighted by molar-refractivity contribution is 0.0763. The highest BCUT2D eigenvalue weighted by Gasteiger charge is 2.72. The number of carbonyl (C=O) groups is 2. The maximum Gasteiger partial charge on any atom is 0.170 e. The van der Waals surface area contributed by atoms with Crippen molar-refractivity contribution in [3.8, 4) is 0 Å². The maximum absolute atomic E-state index is 12.2. The summed E-state index contributed by atoms with van der Waals surface area (Å²) >= 11 is 0. The summed E-state index contributed by atoms with van der Waals surface area (Å²) in [5.74, 6) is 0.278. The van der Waals surface area contributed by atoms with Crippen LogP contribution in [0.4, 0.5) is 0 Å². The van der Waals surface area contributed by atoms with E-state index in [2.05, 4.69) is 0 Å². The van der Waals surface area contributed by atoms with Crippen LogP contribution in [0.15, 0.2) is 24.3 Å². The van der Waals surface area contributed by atoms with Crippen LogP contribution in [0.3, 0.4) is 0 Å². The number of Topliss-reactive ketones (excluding diaryl/α,β-unsaturated/α-hetero) is 2. The number of hydrogen-bond donors (Lipinski definition) is 0. The summed E-state index contributed by atoms with van der Waals surface area (Å²) in [6.45, 7) is 3.81. The van der Waals surface area contributed by atoms with Gasteiger partial charge in [-0.2, -0.15) is 0 Å². The largest absolute Gasteiger partial charge is 0.294 e. The minimum absolute atomic E-state index is 0.139. The first-order valence-electron chi connectivity index (χ1n) is 5.19. The van der Waals surface area contributed by atoms with E-state index >= 15 is 0 Å². The summed E-state index contributed by atoms with van der Waals surface area (Å²) in [7, 11) is 0. The topological polar surface area (TPSA) is 34.1 Å². The van der Waals surface area contributed by atoms with Crippen molar-refractivity contribution in [2.75, 3.05) is 0 Å². The average Bonchev–Trinajstić information content (AvgIpc) is 2.82. The van der Waals surface area contributed by atoms with Crippen molar-refractivity contribution in [3.05, 3.63) is 35.4 Å². The lowest BCUT2D eigenvalue weighted by Crippen LogP contribution is -2.32. The Morgan fingerprint density at radius 3 is 1.73 bits per heavy atom. The molecule has 1 aromatic carbocycles. The van der Waals surface area contributed by atoms with E-state index in [4.69, 9.17) is 0 Å². The molecule has 0 radical (unpaired) electrons. The minimum atomic E-state index is -0.432.